The van der Waals surface area contributed by atoms with Crippen molar-refractivity contribution in [2.45, 2.75) is 50.7 Å². The maximum Gasteiger partial charge on any atom is 0.410 e. The molecule has 1 heterocycles. The summed E-state index contributed by atoms with van der Waals surface area (Å²) >= 11 is 0. The zero-order valence-electron chi connectivity index (χ0n) is 17.6. The van der Waals surface area contributed by atoms with Gasteiger partial charge >= 0.3 is 6.09 Å². The molecule has 168 valence electrons. The minimum absolute atomic E-state index is 0.0284. The van der Waals surface area contributed by atoms with Gasteiger partial charge in [0.2, 0.25) is 0 Å². The van der Waals surface area contributed by atoms with E-state index >= 15 is 0 Å². The lowest BCUT2D eigenvalue weighted by Gasteiger charge is -2.32. The molecule has 9 heteroatoms. The highest BCUT2D eigenvalue weighted by Crippen LogP contribution is 2.48. The van der Waals surface area contributed by atoms with Crippen LogP contribution in [0.25, 0.3) is 0 Å². The fourth-order valence-corrected chi connectivity index (χ4v) is 5.03. The molecule has 1 amide bonds. The molecule has 6 nitrogen and oxygen atoms in total. The van der Waals surface area contributed by atoms with Crippen molar-refractivity contribution < 1.29 is 31.5 Å². The zero-order valence-corrected chi connectivity index (χ0v) is 18.4. The first kappa shape index (κ1) is 22.9. The predicted molar refractivity (Wildman–Crippen MR) is 107 cm³/mol. The first-order chi connectivity index (χ1) is 14.1. The Kier molecular flexibility index (Phi) is 7.02. The summed E-state index contributed by atoms with van der Waals surface area (Å²) < 4.78 is 61.7. The minimum atomic E-state index is -3.96. The zero-order chi connectivity index (χ0) is 22.1. The molecule has 0 N–H and O–H groups in total. The molecule has 2 atom stereocenters. The molecule has 2 aliphatic rings. The van der Waals surface area contributed by atoms with Crippen molar-refractivity contribution in [3.8, 4) is 0 Å². The molecule has 0 aromatic heterocycles. The third-order valence-electron chi connectivity index (χ3n) is 5.75. The Labute approximate surface area is 176 Å². The van der Waals surface area contributed by atoms with Crippen molar-refractivity contribution in [2.24, 2.45) is 17.8 Å². The third kappa shape index (κ3) is 5.69. The molecule has 1 aliphatic carbocycles. The van der Waals surface area contributed by atoms with Crippen LogP contribution in [-0.2, 0) is 25.9 Å². The van der Waals surface area contributed by atoms with E-state index in [9.17, 15) is 22.0 Å². The highest BCUT2D eigenvalue weighted by molar-refractivity contribution is 7.90. The van der Waals surface area contributed by atoms with E-state index < -0.39 is 26.4 Å². The van der Waals surface area contributed by atoms with Gasteiger partial charge in [-0.1, -0.05) is 0 Å². The Morgan fingerprint density at radius 3 is 2.33 bits per heavy atom. The topological polar surface area (TPSA) is 72.9 Å². The number of hydrogen-bond donors (Lipinski definition) is 0. The lowest BCUT2D eigenvalue weighted by molar-refractivity contribution is 0.0615. The standard InChI is InChI=1S/C21H29F2NO5S/c1-13(2)29-21(25)24-6-4-15(5-7-24)17-10-16(17)12-28-11-14-8-18(22)20(19(23)9-14)30(3,26)27/h8-9,13,15-17H,4-7,10-12H2,1-3H3/t16-,17+/m0/s1. The van der Waals surface area contributed by atoms with E-state index in [1.54, 1.807) is 4.90 Å². The second-order valence-corrected chi connectivity index (χ2v) is 10.5. The van der Waals surface area contributed by atoms with Crippen LogP contribution >= 0.6 is 0 Å². The summed E-state index contributed by atoms with van der Waals surface area (Å²) in [5, 5.41) is 0. The fourth-order valence-electron chi connectivity index (χ4n) is 4.20. The van der Waals surface area contributed by atoms with Gasteiger partial charge in [0.15, 0.2) is 9.84 Å². The smallest absolute Gasteiger partial charge is 0.410 e. The maximum atomic E-state index is 14.0. The summed E-state index contributed by atoms with van der Waals surface area (Å²) in [6, 6.07) is 2.02. The van der Waals surface area contributed by atoms with Gasteiger partial charge in [-0.25, -0.2) is 22.0 Å². The molecule has 3 rings (SSSR count). The predicted octanol–water partition coefficient (Wildman–Crippen LogP) is 3.78. The van der Waals surface area contributed by atoms with E-state index in [4.69, 9.17) is 9.47 Å². The Hall–Kier alpha value is -1.74. The van der Waals surface area contributed by atoms with Gasteiger partial charge in [0, 0.05) is 19.3 Å². The quantitative estimate of drug-likeness (QED) is 0.639. The van der Waals surface area contributed by atoms with Gasteiger partial charge in [-0.3, -0.25) is 0 Å². The van der Waals surface area contributed by atoms with E-state index in [-0.39, 0.29) is 24.4 Å². The van der Waals surface area contributed by atoms with Crippen LogP contribution in [0.4, 0.5) is 13.6 Å². The molecule has 1 aromatic carbocycles. The van der Waals surface area contributed by atoms with Crippen LogP contribution in [0, 0.1) is 29.4 Å². The van der Waals surface area contributed by atoms with Crippen molar-refractivity contribution in [1.82, 2.24) is 4.90 Å². The molecule has 0 bridgehead atoms. The summed E-state index contributed by atoms with van der Waals surface area (Å²) in [7, 11) is -3.96. The average molecular weight is 446 g/mol. The lowest BCUT2D eigenvalue weighted by Crippen LogP contribution is -2.40. The molecule has 2 fully saturated rings. The van der Waals surface area contributed by atoms with Gasteiger partial charge in [-0.05, 0) is 68.6 Å². The molecule has 0 unspecified atom stereocenters. The molecule has 1 saturated heterocycles. The van der Waals surface area contributed by atoms with Crippen LogP contribution in [0.15, 0.2) is 17.0 Å². The number of carbonyl (C=O) groups is 1. The molecule has 0 radical (unpaired) electrons. The molecular formula is C21H29F2NO5S. The van der Waals surface area contributed by atoms with E-state index in [0.717, 1.165) is 37.7 Å². The third-order valence-corrected chi connectivity index (χ3v) is 6.88. The fraction of sp³-hybridized carbons (Fsp3) is 0.667. The highest BCUT2D eigenvalue weighted by atomic mass is 32.2. The summed E-state index contributed by atoms with van der Waals surface area (Å²) in [4.78, 5) is 12.8. The largest absolute Gasteiger partial charge is 0.447 e. The molecule has 1 saturated carbocycles. The lowest BCUT2D eigenvalue weighted by atomic mass is 9.91. The van der Waals surface area contributed by atoms with E-state index in [2.05, 4.69) is 0 Å². The van der Waals surface area contributed by atoms with Gasteiger partial charge in [0.1, 0.15) is 16.5 Å². The van der Waals surface area contributed by atoms with Crippen molar-refractivity contribution >= 4 is 15.9 Å². The summed E-state index contributed by atoms with van der Waals surface area (Å²) in [5.41, 5.74) is 0.270. The van der Waals surface area contributed by atoms with Crippen LogP contribution in [-0.4, -0.2) is 51.5 Å². The minimum Gasteiger partial charge on any atom is -0.447 e. The monoisotopic (exact) mass is 445 g/mol. The van der Waals surface area contributed by atoms with Gasteiger partial charge in [0.25, 0.3) is 0 Å². The number of ether oxygens (including phenoxy) is 2. The number of sulfone groups is 1. The first-order valence-corrected chi connectivity index (χ1v) is 12.2. The van der Waals surface area contributed by atoms with Crippen LogP contribution in [0.1, 0.15) is 38.7 Å². The van der Waals surface area contributed by atoms with E-state index in [1.807, 2.05) is 13.8 Å². The number of hydrogen-bond acceptors (Lipinski definition) is 5. The second kappa shape index (κ2) is 9.18. The maximum absolute atomic E-state index is 14.0. The number of piperidine rings is 1. The first-order valence-electron chi connectivity index (χ1n) is 10.3. The summed E-state index contributed by atoms with van der Waals surface area (Å²) in [6.07, 6.45) is 3.34. The van der Waals surface area contributed by atoms with Crippen LogP contribution < -0.4 is 0 Å². The SMILES string of the molecule is CC(C)OC(=O)N1CCC([C@H]2C[C@H]2COCc2cc(F)c(S(C)(=O)=O)c(F)c2)CC1. The van der Waals surface area contributed by atoms with Gasteiger partial charge in [-0.2, -0.15) is 0 Å². The Morgan fingerprint density at radius 2 is 1.80 bits per heavy atom. The van der Waals surface area contributed by atoms with Crippen LogP contribution in [0.3, 0.4) is 0 Å². The van der Waals surface area contributed by atoms with Gasteiger partial charge in [-0.15, -0.1) is 0 Å². The highest BCUT2D eigenvalue weighted by Gasteiger charge is 2.44. The molecule has 30 heavy (non-hydrogen) atoms. The Balaban J connectivity index is 1.42. The van der Waals surface area contributed by atoms with Gasteiger partial charge in [0.05, 0.1) is 19.3 Å². The van der Waals surface area contributed by atoms with Gasteiger partial charge < -0.3 is 14.4 Å². The number of carbonyl (C=O) groups excluding carboxylic acids is 1. The van der Waals surface area contributed by atoms with Crippen molar-refractivity contribution in [2.75, 3.05) is 26.0 Å². The number of rotatable bonds is 7. The normalized spacial score (nSPS) is 22.4. The summed E-state index contributed by atoms with van der Waals surface area (Å²) in [6.45, 7) is 5.60. The molecule has 1 aromatic rings. The Bertz CT molecular complexity index is 858. The van der Waals surface area contributed by atoms with E-state index in [0.29, 0.717) is 37.5 Å². The number of likely N-dealkylation sites (tertiary alicyclic amines) is 1. The summed E-state index contributed by atoms with van der Waals surface area (Å²) in [5.74, 6) is -0.680. The number of benzene rings is 1. The van der Waals surface area contributed by atoms with Crippen molar-refractivity contribution in [3.05, 3.63) is 29.3 Å². The Morgan fingerprint density at radius 1 is 1.20 bits per heavy atom. The van der Waals surface area contributed by atoms with Crippen molar-refractivity contribution in [3.63, 3.8) is 0 Å². The van der Waals surface area contributed by atoms with Crippen molar-refractivity contribution in [1.29, 1.82) is 0 Å². The second-order valence-electron chi connectivity index (χ2n) is 8.59. The van der Waals surface area contributed by atoms with Crippen LogP contribution in [0.2, 0.25) is 0 Å². The molecular weight excluding hydrogens is 416 g/mol. The number of halogens is 2. The number of nitrogens with zero attached hydrogens (tertiary/aromatic N) is 1. The molecule has 1 aliphatic heterocycles. The average Bonchev–Trinajstić information content (AvgIpc) is 3.39. The molecule has 0 spiro atoms. The number of amides is 1. The van der Waals surface area contributed by atoms with E-state index in [1.165, 1.54) is 0 Å². The van der Waals surface area contributed by atoms with Crippen LogP contribution in [0.5, 0.6) is 0 Å².